The number of aromatic nitrogens is 3. The minimum Gasteiger partial charge on any atom is -0.345 e. The molecule has 4 rings (SSSR count). The largest absolute Gasteiger partial charge is 0.417 e. The Labute approximate surface area is 194 Å². The molecule has 1 N–H and O–H groups in total. The molecular weight excluding hydrogens is 471 g/mol. The van der Waals surface area contributed by atoms with Gasteiger partial charge in [0.1, 0.15) is 0 Å². The molecule has 0 radical (unpaired) electrons. The Morgan fingerprint density at radius 2 is 1.71 bits per heavy atom. The monoisotopic (exact) mass is 495 g/mol. The molecule has 1 fully saturated rings. The first kappa shape index (κ1) is 24.1. The average Bonchev–Trinajstić information content (AvgIpc) is 3.18. The van der Waals surface area contributed by atoms with Crippen molar-refractivity contribution in [3.05, 3.63) is 59.5 Å². The van der Waals surface area contributed by atoms with Gasteiger partial charge in [-0.15, -0.1) is 10.2 Å². The van der Waals surface area contributed by atoms with Gasteiger partial charge in [-0.1, -0.05) is 13.8 Å². The van der Waals surface area contributed by atoms with E-state index in [1.807, 2.05) is 13.8 Å². The molecule has 0 bridgehead atoms. The minimum absolute atomic E-state index is 0.105. The van der Waals surface area contributed by atoms with Crippen molar-refractivity contribution in [2.75, 3.05) is 13.1 Å². The fraction of sp³-hybridized carbons (Fsp3) is 0.409. The van der Waals surface area contributed by atoms with Gasteiger partial charge in [0.05, 0.1) is 17.0 Å². The summed E-state index contributed by atoms with van der Waals surface area (Å²) in [7, 11) is -3.67. The summed E-state index contributed by atoms with van der Waals surface area (Å²) in [5, 5.41) is 10.2. The predicted octanol–water partition coefficient (Wildman–Crippen LogP) is 3.34. The summed E-state index contributed by atoms with van der Waals surface area (Å²) in [5.41, 5.74) is -0.432. The van der Waals surface area contributed by atoms with Gasteiger partial charge in [-0.05, 0) is 54.7 Å². The third-order valence-electron chi connectivity index (χ3n) is 5.80. The zero-order chi connectivity index (χ0) is 24.7. The van der Waals surface area contributed by atoms with Crippen molar-refractivity contribution >= 4 is 21.6 Å². The quantitative estimate of drug-likeness (QED) is 0.586. The molecule has 0 aliphatic carbocycles. The van der Waals surface area contributed by atoms with Crippen LogP contribution < -0.4 is 5.32 Å². The maximum absolute atomic E-state index is 13.0. The van der Waals surface area contributed by atoms with Crippen LogP contribution >= 0.6 is 0 Å². The normalized spacial score (nSPS) is 19.9. The van der Waals surface area contributed by atoms with Crippen molar-refractivity contribution in [1.82, 2.24) is 24.2 Å². The predicted molar refractivity (Wildman–Crippen MR) is 117 cm³/mol. The fourth-order valence-corrected chi connectivity index (χ4v) is 5.90. The zero-order valence-electron chi connectivity index (χ0n) is 18.6. The molecule has 0 saturated carbocycles. The van der Waals surface area contributed by atoms with Crippen molar-refractivity contribution in [3.63, 3.8) is 0 Å². The van der Waals surface area contributed by atoms with Crippen molar-refractivity contribution in [2.45, 2.75) is 37.9 Å². The van der Waals surface area contributed by atoms with Crippen LogP contribution in [0.25, 0.3) is 5.65 Å². The first-order valence-electron chi connectivity index (χ1n) is 10.7. The third-order valence-corrected chi connectivity index (χ3v) is 7.64. The number of benzene rings is 1. The number of carbonyl (C=O) groups excluding carboxylic acids is 1. The van der Waals surface area contributed by atoms with Gasteiger partial charge in [0.15, 0.2) is 11.5 Å². The maximum Gasteiger partial charge on any atom is 0.417 e. The lowest BCUT2D eigenvalue weighted by Crippen LogP contribution is -2.42. The highest BCUT2D eigenvalue weighted by Crippen LogP contribution is 2.29. The van der Waals surface area contributed by atoms with Crippen molar-refractivity contribution in [2.24, 2.45) is 11.8 Å². The summed E-state index contributed by atoms with van der Waals surface area (Å²) in [5.74, 6) is 0.142. The number of carbonyl (C=O) groups is 1. The number of hydrogen-bond donors (Lipinski definition) is 1. The first-order valence-corrected chi connectivity index (χ1v) is 12.2. The van der Waals surface area contributed by atoms with Crippen LogP contribution in [0.1, 0.15) is 42.0 Å². The average molecular weight is 496 g/mol. The van der Waals surface area contributed by atoms with Crippen LogP contribution in [0.4, 0.5) is 13.2 Å². The van der Waals surface area contributed by atoms with Gasteiger partial charge in [-0.3, -0.25) is 9.20 Å². The lowest BCUT2D eigenvalue weighted by atomic mass is 9.94. The highest BCUT2D eigenvalue weighted by atomic mass is 32.2. The van der Waals surface area contributed by atoms with Crippen molar-refractivity contribution in [3.8, 4) is 0 Å². The third kappa shape index (κ3) is 4.92. The number of nitrogens with one attached hydrogen (secondary N) is 1. The maximum atomic E-state index is 13.0. The van der Waals surface area contributed by atoms with E-state index in [4.69, 9.17) is 0 Å². The van der Waals surface area contributed by atoms with E-state index in [0.29, 0.717) is 13.1 Å². The van der Waals surface area contributed by atoms with Crippen LogP contribution in [-0.2, 0) is 22.7 Å². The van der Waals surface area contributed by atoms with Crippen LogP contribution in [0.2, 0.25) is 0 Å². The molecule has 0 unspecified atom stereocenters. The number of sulfonamides is 1. The number of halogens is 3. The zero-order valence-corrected chi connectivity index (χ0v) is 19.4. The molecule has 8 nitrogen and oxygen atoms in total. The van der Waals surface area contributed by atoms with Crippen LogP contribution in [0.3, 0.4) is 0 Å². The van der Waals surface area contributed by atoms with Crippen LogP contribution in [0, 0.1) is 11.8 Å². The lowest BCUT2D eigenvalue weighted by Gasteiger charge is -2.34. The van der Waals surface area contributed by atoms with Crippen LogP contribution in [-0.4, -0.2) is 46.3 Å². The Hall–Kier alpha value is -2.99. The number of nitrogens with zero attached hydrogens (tertiary/aromatic N) is 4. The second-order valence-electron chi connectivity index (χ2n) is 8.74. The molecule has 3 heterocycles. The summed E-state index contributed by atoms with van der Waals surface area (Å²) >= 11 is 0. The molecule has 1 aliphatic rings. The van der Waals surface area contributed by atoms with Gasteiger partial charge < -0.3 is 5.32 Å². The number of piperidine rings is 1. The number of alkyl halides is 3. The van der Waals surface area contributed by atoms with Gasteiger partial charge >= 0.3 is 6.18 Å². The van der Waals surface area contributed by atoms with Gasteiger partial charge in [-0.2, -0.15) is 17.5 Å². The Balaban J connectivity index is 1.46. The second-order valence-corrected chi connectivity index (χ2v) is 10.7. The van der Waals surface area contributed by atoms with Gasteiger partial charge in [0, 0.05) is 24.8 Å². The summed E-state index contributed by atoms with van der Waals surface area (Å²) in [6.45, 7) is 4.79. The summed E-state index contributed by atoms with van der Waals surface area (Å²) in [6, 6.07) is 7.69. The highest BCUT2D eigenvalue weighted by molar-refractivity contribution is 7.89. The Bertz CT molecular complexity index is 1300. The van der Waals surface area contributed by atoms with E-state index >= 15 is 0 Å². The molecular formula is C22H24F3N5O3S. The summed E-state index contributed by atoms with van der Waals surface area (Å²) in [4.78, 5) is 12.6. The number of fused-ring (bicyclic) bond motifs is 1. The first-order chi connectivity index (χ1) is 15.9. The molecule has 12 heteroatoms. The molecule has 1 amide bonds. The van der Waals surface area contributed by atoms with E-state index in [1.54, 1.807) is 0 Å². The standard InChI is InChI=1S/C22H24F3N5O3S/c1-14-9-15(2)12-29(11-14)34(32,33)18-6-3-16(4-7-18)21(31)26-10-20-28-27-19-8-5-17(13-30(19)20)22(23,24)25/h3-8,13-15H,9-12H2,1-2H3,(H,26,31)/t14-,15+. The molecule has 2 aromatic heterocycles. The van der Waals surface area contributed by atoms with Crippen LogP contribution in [0.5, 0.6) is 0 Å². The van der Waals surface area contributed by atoms with E-state index < -0.39 is 27.7 Å². The molecule has 2 atom stereocenters. The molecule has 1 aliphatic heterocycles. The lowest BCUT2D eigenvalue weighted by molar-refractivity contribution is -0.137. The second kappa shape index (κ2) is 8.99. The van der Waals surface area contributed by atoms with E-state index in [1.165, 1.54) is 39.0 Å². The van der Waals surface area contributed by atoms with E-state index in [-0.39, 0.29) is 40.3 Å². The topological polar surface area (TPSA) is 96.7 Å². The number of pyridine rings is 1. The van der Waals surface area contributed by atoms with Gasteiger partial charge in [0.25, 0.3) is 5.91 Å². The van der Waals surface area contributed by atoms with Gasteiger partial charge in [-0.25, -0.2) is 8.42 Å². The molecule has 0 spiro atoms. The summed E-state index contributed by atoms with van der Waals surface area (Å²) in [6.07, 6.45) is -2.67. The Morgan fingerprint density at radius 3 is 2.32 bits per heavy atom. The molecule has 182 valence electrons. The number of rotatable bonds is 5. The van der Waals surface area contributed by atoms with Crippen molar-refractivity contribution < 1.29 is 26.4 Å². The molecule has 34 heavy (non-hydrogen) atoms. The Morgan fingerprint density at radius 1 is 1.06 bits per heavy atom. The fourth-order valence-electron chi connectivity index (χ4n) is 4.22. The van der Waals surface area contributed by atoms with Crippen molar-refractivity contribution in [1.29, 1.82) is 0 Å². The Kier molecular flexibility index (Phi) is 6.38. The number of hydrogen-bond acceptors (Lipinski definition) is 5. The highest BCUT2D eigenvalue weighted by Gasteiger charge is 2.32. The minimum atomic E-state index is -4.52. The molecule has 3 aromatic rings. The molecule has 1 aromatic carbocycles. The van der Waals surface area contributed by atoms with Gasteiger partial charge in [0.2, 0.25) is 10.0 Å². The smallest absolute Gasteiger partial charge is 0.345 e. The molecule has 1 saturated heterocycles. The summed E-state index contributed by atoms with van der Waals surface area (Å²) < 4.78 is 67.6. The van der Waals surface area contributed by atoms with Crippen LogP contribution in [0.15, 0.2) is 47.5 Å². The van der Waals surface area contributed by atoms with E-state index in [9.17, 15) is 26.4 Å². The van der Waals surface area contributed by atoms with E-state index in [2.05, 4.69) is 15.5 Å². The SMILES string of the molecule is C[C@@H]1C[C@H](C)CN(S(=O)(=O)c2ccc(C(=O)NCc3nnc4ccc(C(F)(F)F)cn34)cc2)C1. The number of amides is 1. The van der Waals surface area contributed by atoms with E-state index in [0.717, 1.165) is 18.7 Å².